The number of anilines is 1. The van der Waals surface area contributed by atoms with E-state index in [0.717, 1.165) is 54.6 Å². The molecule has 1 aliphatic rings. The maximum Gasteiger partial charge on any atom is 0.207 e. The first-order chi connectivity index (χ1) is 14.3. The molecule has 1 N–H and O–H groups in total. The Morgan fingerprint density at radius 3 is 2.59 bits per heavy atom. The van der Waals surface area contributed by atoms with Crippen molar-refractivity contribution in [3.63, 3.8) is 0 Å². The highest BCUT2D eigenvalue weighted by atomic mass is 19.1. The van der Waals surface area contributed by atoms with E-state index in [1.54, 1.807) is 6.07 Å². The highest BCUT2D eigenvalue weighted by Crippen LogP contribution is 2.25. The highest BCUT2D eigenvalue weighted by Gasteiger charge is 2.20. The molecule has 148 valence electrons. The van der Waals surface area contributed by atoms with Crippen molar-refractivity contribution in [2.75, 3.05) is 25.0 Å². The topological polar surface area (TPSA) is 71.2 Å². The molecule has 3 heterocycles. The number of piperidine rings is 1. The van der Waals surface area contributed by atoms with Gasteiger partial charge in [-0.2, -0.15) is 0 Å². The van der Waals surface area contributed by atoms with E-state index in [4.69, 9.17) is 0 Å². The first kappa shape index (κ1) is 17.9. The summed E-state index contributed by atoms with van der Waals surface area (Å²) in [5, 5.41) is 21.8. The summed E-state index contributed by atoms with van der Waals surface area (Å²) in [4.78, 5) is 2.33. The molecule has 0 radical (unpaired) electrons. The van der Waals surface area contributed by atoms with Crippen LogP contribution in [-0.2, 0) is 6.54 Å². The highest BCUT2D eigenvalue weighted by molar-refractivity contribution is 5.99. The van der Waals surface area contributed by atoms with Gasteiger partial charge in [0.05, 0.1) is 0 Å². The number of nitrogens with one attached hydrogen (secondary N) is 1. The van der Waals surface area contributed by atoms with E-state index >= 15 is 0 Å². The van der Waals surface area contributed by atoms with Gasteiger partial charge in [0, 0.05) is 29.4 Å². The van der Waals surface area contributed by atoms with E-state index in [1.807, 2.05) is 36.4 Å². The summed E-state index contributed by atoms with van der Waals surface area (Å²) in [5.41, 5.74) is 1.43. The van der Waals surface area contributed by atoms with Gasteiger partial charge in [-0.25, -0.2) is 4.39 Å². The van der Waals surface area contributed by atoms with E-state index in [9.17, 15) is 4.39 Å². The van der Waals surface area contributed by atoms with E-state index in [1.165, 1.54) is 10.7 Å². The Bertz CT molecular complexity index is 1130. The second-order valence-electron chi connectivity index (χ2n) is 7.58. The lowest BCUT2D eigenvalue weighted by molar-refractivity contribution is 0.180. The van der Waals surface area contributed by atoms with Crippen LogP contribution in [-0.4, -0.2) is 49.8 Å². The molecule has 1 aliphatic heterocycles. The fraction of sp³-hybridized carbons (Fsp3) is 0.333. The number of rotatable bonds is 5. The Kier molecular flexibility index (Phi) is 4.77. The second-order valence-corrected chi connectivity index (χ2v) is 7.58. The van der Waals surface area contributed by atoms with Gasteiger partial charge in [0.1, 0.15) is 5.82 Å². The molecule has 29 heavy (non-hydrogen) atoms. The number of tetrazole rings is 1. The van der Waals surface area contributed by atoms with Crippen molar-refractivity contribution < 1.29 is 4.39 Å². The molecule has 0 amide bonds. The number of hydrogen-bond acceptors (Lipinski definition) is 6. The molecule has 0 unspecified atom stereocenters. The Balaban J connectivity index is 1.23. The summed E-state index contributed by atoms with van der Waals surface area (Å²) >= 11 is 0. The molecule has 2 aromatic heterocycles. The lowest BCUT2D eigenvalue weighted by Crippen LogP contribution is -2.35. The molecule has 0 aliphatic carbocycles. The third-order valence-corrected chi connectivity index (χ3v) is 5.69. The normalized spacial score (nSPS) is 15.9. The van der Waals surface area contributed by atoms with Crippen LogP contribution < -0.4 is 5.32 Å². The summed E-state index contributed by atoms with van der Waals surface area (Å²) in [6.45, 7) is 3.47. The number of aromatic nitrogens is 5. The number of halogens is 1. The number of fused-ring (bicyclic) bond motifs is 3. The van der Waals surface area contributed by atoms with Crippen LogP contribution in [0.15, 0.2) is 48.5 Å². The van der Waals surface area contributed by atoms with E-state index in [0.29, 0.717) is 18.1 Å². The zero-order valence-electron chi connectivity index (χ0n) is 16.0. The van der Waals surface area contributed by atoms with Gasteiger partial charge in [0.2, 0.25) is 5.65 Å². The van der Waals surface area contributed by atoms with Gasteiger partial charge in [-0.3, -0.25) is 4.90 Å². The molecule has 2 aromatic carbocycles. The maximum atomic E-state index is 13.9. The number of hydrogen-bond donors (Lipinski definition) is 1. The van der Waals surface area contributed by atoms with Gasteiger partial charge >= 0.3 is 0 Å². The van der Waals surface area contributed by atoms with Crippen molar-refractivity contribution in [2.24, 2.45) is 5.92 Å². The van der Waals surface area contributed by atoms with Crippen LogP contribution in [0.25, 0.3) is 16.4 Å². The summed E-state index contributed by atoms with van der Waals surface area (Å²) in [7, 11) is 0. The minimum Gasteiger partial charge on any atom is -0.368 e. The third-order valence-electron chi connectivity index (χ3n) is 5.69. The molecule has 5 rings (SSSR count). The number of likely N-dealkylation sites (tertiary alicyclic amines) is 1. The SMILES string of the molecule is Fc1ccccc1CN1CCC(CNc2nn3nnnc3c3ccccc23)CC1. The standard InChI is InChI=1S/C21H22FN7/c22-19-8-4-1-5-16(19)14-28-11-9-15(10-12-28)13-23-20-17-6-2-3-7-18(17)21-24-26-27-29(21)25-20/h1-8,15H,9-14H2,(H,23,25). The van der Waals surface area contributed by atoms with Crippen molar-refractivity contribution in [1.82, 2.24) is 30.2 Å². The third kappa shape index (κ3) is 3.63. The molecule has 1 saturated heterocycles. The van der Waals surface area contributed by atoms with Gasteiger partial charge in [-0.15, -0.1) is 14.8 Å². The number of benzene rings is 2. The van der Waals surface area contributed by atoms with Gasteiger partial charge in [-0.1, -0.05) is 42.5 Å². The first-order valence-electron chi connectivity index (χ1n) is 9.95. The van der Waals surface area contributed by atoms with Crippen LogP contribution >= 0.6 is 0 Å². The smallest absolute Gasteiger partial charge is 0.207 e. The minimum absolute atomic E-state index is 0.118. The Hall–Kier alpha value is -3.13. The van der Waals surface area contributed by atoms with Gasteiger partial charge < -0.3 is 5.32 Å². The van der Waals surface area contributed by atoms with Crippen LogP contribution in [0.1, 0.15) is 18.4 Å². The van der Waals surface area contributed by atoms with Crippen molar-refractivity contribution in [2.45, 2.75) is 19.4 Å². The molecule has 1 fully saturated rings. The van der Waals surface area contributed by atoms with Crippen LogP contribution in [0.3, 0.4) is 0 Å². The van der Waals surface area contributed by atoms with Crippen molar-refractivity contribution in [1.29, 1.82) is 0 Å². The largest absolute Gasteiger partial charge is 0.368 e. The fourth-order valence-electron chi connectivity index (χ4n) is 4.03. The van der Waals surface area contributed by atoms with Crippen molar-refractivity contribution in [3.05, 3.63) is 59.9 Å². The molecule has 0 spiro atoms. The monoisotopic (exact) mass is 391 g/mol. The van der Waals surface area contributed by atoms with Crippen LogP contribution in [0.4, 0.5) is 10.2 Å². The fourth-order valence-corrected chi connectivity index (χ4v) is 4.03. The zero-order valence-corrected chi connectivity index (χ0v) is 16.0. The molecule has 4 aromatic rings. The lowest BCUT2D eigenvalue weighted by atomic mass is 9.96. The summed E-state index contributed by atoms with van der Waals surface area (Å²) in [6.07, 6.45) is 2.15. The molecule has 0 atom stereocenters. The van der Waals surface area contributed by atoms with Crippen LogP contribution in [0.5, 0.6) is 0 Å². The Labute approximate surface area is 167 Å². The zero-order chi connectivity index (χ0) is 19.6. The minimum atomic E-state index is -0.118. The van der Waals surface area contributed by atoms with Crippen molar-refractivity contribution >= 4 is 22.2 Å². The molecule has 0 bridgehead atoms. The van der Waals surface area contributed by atoms with Crippen molar-refractivity contribution in [3.8, 4) is 0 Å². The molecule has 0 saturated carbocycles. The Morgan fingerprint density at radius 2 is 1.76 bits per heavy atom. The van der Waals surface area contributed by atoms with E-state index < -0.39 is 0 Å². The summed E-state index contributed by atoms with van der Waals surface area (Å²) < 4.78 is 15.4. The van der Waals surface area contributed by atoms with E-state index in [2.05, 4.69) is 30.8 Å². The molecular weight excluding hydrogens is 369 g/mol. The average molecular weight is 391 g/mol. The number of nitrogens with zero attached hydrogens (tertiary/aromatic N) is 6. The molecule has 8 heteroatoms. The van der Waals surface area contributed by atoms with Gasteiger partial charge in [-0.05, 0) is 48.3 Å². The first-order valence-corrected chi connectivity index (χ1v) is 9.95. The predicted octanol–water partition coefficient (Wildman–Crippen LogP) is 3.14. The van der Waals surface area contributed by atoms with Crippen LogP contribution in [0, 0.1) is 11.7 Å². The lowest BCUT2D eigenvalue weighted by Gasteiger charge is -2.32. The van der Waals surface area contributed by atoms with Gasteiger partial charge in [0.15, 0.2) is 5.82 Å². The predicted molar refractivity (Wildman–Crippen MR) is 109 cm³/mol. The quantitative estimate of drug-likeness (QED) is 0.564. The summed E-state index contributed by atoms with van der Waals surface area (Å²) in [5.74, 6) is 1.23. The average Bonchev–Trinajstić information content (AvgIpc) is 3.23. The second kappa shape index (κ2) is 7.71. The Morgan fingerprint density at radius 1 is 1.00 bits per heavy atom. The summed E-state index contributed by atoms with van der Waals surface area (Å²) in [6, 6.07) is 15.1. The maximum absolute atomic E-state index is 13.9. The molecular formula is C21H22FN7. The van der Waals surface area contributed by atoms with E-state index in [-0.39, 0.29) is 5.82 Å². The van der Waals surface area contributed by atoms with Crippen LogP contribution in [0.2, 0.25) is 0 Å². The molecule has 7 nitrogen and oxygen atoms in total. The van der Waals surface area contributed by atoms with Gasteiger partial charge in [0.25, 0.3) is 0 Å².